The van der Waals surface area contributed by atoms with Crippen molar-refractivity contribution >= 4 is 17.7 Å². The Kier molecular flexibility index (Phi) is 5.12. The zero-order valence-corrected chi connectivity index (χ0v) is 11.8. The van der Waals surface area contributed by atoms with Crippen molar-refractivity contribution in [1.29, 1.82) is 0 Å². The molecule has 16 heavy (non-hydrogen) atoms. The van der Waals surface area contributed by atoms with Gasteiger partial charge in [0.25, 0.3) is 0 Å². The fourth-order valence-corrected chi connectivity index (χ4v) is 2.34. The van der Waals surface area contributed by atoms with Crippen molar-refractivity contribution in [3.8, 4) is 0 Å². The molecule has 0 bridgehead atoms. The first-order valence-electron chi connectivity index (χ1n) is 6.10. The smallest absolute Gasteiger partial charge is 0.241 e. The molecule has 4 atom stereocenters. The van der Waals surface area contributed by atoms with Crippen molar-refractivity contribution in [2.45, 2.75) is 51.6 Å². The van der Waals surface area contributed by atoms with Gasteiger partial charge in [-0.1, -0.05) is 27.2 Å². The SMILES string of the molecule is CCC(C)C1NC(C)N(CC(C)SC)C1=O. The van der Waals surface area contributed by atoms with Gasteiger partial charge in [-0.05, 0) is 19.1 Å². The molecule has 94 valence electrons. The molecule has 1 heterocycles. The van der Waals surface area contributed by atoms with E-state index in [9.17, 15) is 4.79 Å². The second-order valence-electron chi connectivity index (χ2n) is 4.74. The maximum absolute atomic E-state index is 12.2. The minimum Gasteiger partial charge on any atom is -0.325 e. The van der Waals surface area contributed by atoms with E-state index in [-0.39, 0.29) is 18.1 Å². The molecule has 1 amide bonds. The average Bonchev–Trinajstić information content (AvgIpc) is 2.55. The predicted molar refractivity (Wildman–Crippen MR) is 70.5 cm³/mol. The van der Waals surface area contributed by atoms with Crippen LogP contribution in [0.3, 0.4) is 0 Å². The molecule has 4 heteroatoms. The normalized spacial score (nSPS) is 29.6. The Morgan fingerprint density at radius 1 is 1.50 bits per heavy atom. The second-order valence-corrected chi connectivity index (χ2v) is 6.02. The van der Waals surface area contributed by atoms with Gasteiger partial charge in [0, 0.05) is 11.8 Å². The van der Waals surface area contributed by atoms with Gasteiger partial charge in [0.15, 0.2) is 0 Å². The van der Waals surface area contributed by atoms with Crippen LogP contribution in [0.1, 0.15) is 34.1 Å². The topological polar surface area (TPSA) is 32.3 Å². The molecule has 0 saturated carbocycles. The van der Waals surface area contributed by atoms with Gasteiger partial charge in [0.1, 0.15) is 0 Å². The first-order valence-corrected chi connectivity index (χ1v) is 7.39. The van der Waals surface area contributed by atoms with E-state index in [1.165, 1.54) is 0 Å². The summed E-state index contributed by atoms with van der Waals surface area (Å²) in [5, 5.41) is 3.90. The highest BCUT2D eigenvalue weighted by molar-refractivity contribution is 7.99. The Morgan fingerprint density at radius 3 is 2.62 bits per heavy atom. The van der Waals surface area contributed by atoms with E-state index in [0.29, 0.717) is 11.2 Å². The number of amides is 1. The van der Waals surface area contributed by atoms with Gasteiger partial charge in [0.2, 0.25) is 5.91 Å². The van der Waals surface area contributed by atoms with Crippen molar-refractivity contribution in [3.63, 3.8) is 0 Å². The van der Waals surface area contributed by atoms with E-state index in [1.807, 2.05) is 16.7 Å². The average molecular weight is 244 g/mol. The van der Waals surface area contributed by atoms with Crippen LogP contribution in [0, 0.1) is 5.92 Å². The lowest BCUT2D eigenvalue weighted by molar-refractivity contribution is -0.130. The molecule has 0 aromatic heterocycles. The van der Waals surface area contributed by atoms with Crippen molar-refractivity contribution < 1.29 is 4.79 Å². The van der Waals surface area contributed by atoms with E-state index >= 15 is 0 Å². The molecule has 1 aliphatic rings. The monoisotopic (exact) mass is 244 g/mol. The number of hydrogen-bond donors (Lipinski definition) is 1. The molecule has 3 nitrogen and oxygen atoms in total. The molecule has 1 rings (SSSR count). The molecule has 0 aromatic carbocycles. The lowest BCUT2D eigenvalue weighted by Gasteiger charge is -2.23. The predicted octanol–water partition coefficient (Wildman–Crippen LogP) is 1.93. The van der Waals surface area contributed by atoms with Gasteiger partial charge in [-0.3, -0.25) is 10.1 Å². The number of carbonyl (C=O) groups is 1. The zero-order chi connectivity index (χ0) is 12.3. The number of hydrogen-bond acceptors (Lipinski definition) is 3. The van der Waals surface area contributed by atoms with Crippen LogP contribution < -0.4 is 5.32 Å². The number of rotatable bonds is 5. The van der Waals surface area contributed by atoms with Crippen LogP contribution in [0.2, 0.25) is 0 Å². The maximum atomic E-state index is 12.2. The van der Waals surface area contributed by atoms with Gasteiger partial charge >= 0.3 is 0 Å². The molecule has 0 radical (unpaired) electrons. The summed E-state index contributed by atoms with van der Waals surface area (Å²) in [6, 6.07) is 0.0223. The Hall–Kier alpha value is -0.220. The summed E-state index contributed by atoms with van der Waals surface area (Å²) in [4.78, 5) is 14.2. The highest BCUT2D eigenvalue weighted by Crippen LogP contribution is 2.20. The molecule has 1 saturated heterocycles. The molecular formula is C12H24N2OS. The van der Waals surface area contributed by atoms with Crippen LogP contribution in [0.4, 0.5) is 0 Å². The van der Waals surface area contributed by atoms with Crippen molar-refractivity contribution in [3.05, 3.63) is 0 Å². The third kappa shape index (κ3) is 2.92. The minimum absolute atomic E-state index is 0.0223. The van der Waals surface area contributed by atoms with Crippen molar-refractivity contribution in [2.24, 2.45) is 5.92 Å². The van der Waals surface area contributed by atoms with Gasteiger partial charge in [-0.2, -0.15) is 11.8 Å². The van der Waals surface area contributed by atoms with E-state index < -0.39 is 0 Å². The fourth-order valence-electron chi connectivity index (χ4n) is 2.03. The molecular weight excluding hydrogens is 220 g/mol. The molecule has 0 spiro atoms. The summed E-state index contributed by atoms with van der Waals surface area (Å²) < 4.78 is 0. The quantitative estimate of drug-likeness (QED) is 0.802. The number of nitrogens with zero attached hydrogens (tertiary/aromatic N) is 1. The fraction of sp³-hybridized carbons (Fsp3) is 0.917. The molecule has 0 aliphatic carbocycles. The van der Waals surface area contributed by atoms with E-state index in [0.717, 1.165) is 13.0 Å². The maximum Gasteiger partial charge on any atom is 0.241 e. The second kappa shape index (κ2) is 5.92. The molecule has 1 N–H and O–H groups in total. The number of nitrogens with one attached hydrogen (secondary N) is 1. The summed E-state index contributed by atoms with van der Waals surface area (Å²) in [5.74, 6) is 0.701. The van der Waals surface area contributed by atoms with Crippen molar-refractivity contribution in [1.82, 2.24) is 10.2 Å². The Morgan fingerprint density at radius 2 is 2.12 bits per heavy atom. The largest absolute Gasteiger partial charge is 0.325 e. The first kappa shape index (κ1) is 13.8. The van der Waals surface area contributed by atoms with Crippen molar-refractivity contribution in [2.75, 3.05) is 12.8 Å². The van der Waals surface area contributed by atoms with Crippen LogP contribution in [0.15, 0.2) is 0 Å². The van der Waals surface area contributed by atoms with E-state index in [4.69, 9.17) is 0 Å². The summed E-state index contributed by atoms with van der Waals surface area (Å²) in [6.45, 7) is 9.37. The highest BCUT2D eigenvalue weighted by Gasteiger charge is 2.38. The van der Waals surface area contributed by atoms with E-state index in [1.54, 1.807) is 0 Å². The molecule has 1 fully saturated rings. The van der Waals surface area contributed by atoms with Crippen LogP contribution in [0.25, 0.3) is 0 Å². The summed E-state index contributed by atoms with van der Waals surface area (Å²) in [5.41, 5.74) is 0. The number of thioether (sulfide) groups is 1. The molecule has 4 unspecified atom stereocenters. The third-order valence-electron chi connectivity index (χ3n) is 3.51. The van der Waals surface area contributed by atoms with Crippen LogP contribution >= 0.6 is 11.8 Å². The zero-order valence-electron chi connectivity index (χ0n) is 11.0. The van der Waals surface area contributed by atoms with Crippen LogP contribution in [0.5, 0.6) is 0 Å². The lowest BCUT2D eigenvalue weighted by Crippen LogP contribution is -2.38. The Balaban J connectivity index is 2.63. The molecule has 1 aliphatic heterocycles. The lowest BCUT2D eigenvalue weighted by atomic mass is 9.99. The van der Waals surface area contributed by atoms with Gasteiger partial charge in [-0.15, -0.1) is 0 Å². The minimum atomic E-state index is 0.0223. The third-order valence-corrected chi connectivity index (χ3v) is 4.46. The van der Waals surface area contributed by atoms with Gasteiger partial charge < -0.3 is 4.90 Å². The summed E-state index contributed by atoms with van der Waals surface area (Å²) in [6.07, 6.45) is 3.32. The standard InChI is InChI=1S/C12H24N2OS/c1-6-8(2)11-12(15)14(10(4)13-11)7-9(3)16-5/h8-11,13H,6-7H2,1-5H3. The van der Waals surface area contributed by atoms with Crippen LogP contribution in [-0.2, 0) is 4.79 Å². The summed E-state index contributed by atoms with van der Waals surface area (Å²) in [7, 11) is 0. The van der Waals surface area contributed by atoms with Crippen LogP contribution in [-0.4, -0.2) is 41.1 Å². The Bertz CT molecular complexity index is 247. The van der Waals surface area contributed by atoms with E-state index in [2.05, 4.69) is 39.3 Å². The first-order chi connectivity index (χ1) is 7.51. The Labute approximate surface area is 103 Å². The number of carbonyl (C=O) groups excluding carboxylic acids is 1. The van der Waals surface area contributed by atoms with Gasteiger partial charge in [-0.25, -0.2) is 0 Å². The van der Waals surface area contributed by atoms with Gasteiger partial charge in [0.05, 0.1) is 12.2 Å². The summed E-state index contributed by atoms with van der Waals surface area (Å²) >= 11 is 1.81. The highest BCUT2D eigenvalue weighted by atomic mass is 32.2. The molecule has 0 aromatic rings.